The van der Waals surface area contributed by atoms with Crippen LogP contribution in [0.4, 0.5) is 0 Å². The molecule has 5 heteroatoms. The smallest absolute Gasteiger partial charge is 0.355 e. The van der Waals surface area contributed by atoms with E-state index in [1.54, 1.807) is 0 Å². The second-order valence-electron chi connectivity index (χ2n) is 5.07. The molecule has 0 saturated heterocycles. The van der Waals surface area contributed by atoms with Crippen LogP contribution in [0.2, 0.25) is 0 Å². The van der Waals surface area contributed by atoms with Gasteiger partial charge >= 0.3 is 5.97 Å². The van der Waals surface area contributed by atoms with Crippen LogP contribution >= 0.6 is 0 Å². The number of benzene rings is 1. The molecule has 1 rings (SSSR count). The number of para-hydroxylation sites is 1. The molecule has 0 spiro atoms. The summed E-state index contributed by atoms with van der Waals surface area (Å²) < 4.78 is 10.1. The molecule has 1 aromatic rings. The molecule has 5 nitrogen and oxygen atoms in total. The van der Waals surface area contributed by atoms with E-state index in [9.17, 15) is 4.79 Å². The molecule has 0 unspecified atom stereocenters. The molecule has 122 valence electrons. The number of oxime groups is 1. The van der Waals surface area contributed by atoms with Gasteiger partial charge < -0.3 is 14.7 Å². The highest BCUT2D eigenvalue weighted by Gasteiger charge is 2.11. The molecule has 0 heterocycles. The van der Waals surface area contributed by atoms with Crippen LogP contribution in [0.5, 0.6) is 5.75 Å². The Bertz CT molecular complexity index is 445. The molecule has 0 atom stereocenters. The fourth-order valence-corrected chi connectivity index (χ4v) is 2.12. The van der Waals surface area contributed by atoms with Crippen molar-refractivity contribution in [1.29, 1.82) is 0 Å². The van der Waals surface area contributed by atoms with E-state index in [0.29, 0.717) is 6.42 Å². The van der Waals surface area contributed by atoms with Crippen molar-refractivity contribution in [2.24, 2.45) is 5.16 Å². The molecule has 0 fully saturated rings. The van der Waals surface area contributed by atoms with E-state index in [4.69, 9.17) is 9.94 Å². The van der Waals surface area contributed by atoms with Crippen molar-refractivity contribution in [3.63, 3.8) is 0 Å². The zero-order chi connectivity index (χ0) is 16.0. The molecule has 0 aliphatic carbocycles. The maximum absolute atomic E-state index is 11.2. The summed E-state index contributed by atoms with van der Waals surface area (Å²) in [5.74, 6) is 0.363. The van der Waals surface area contributed by atoms with Crippen molar-refractivity contribution >= 4 is 11.7 Å². The molecular formula is C17H25NO4. The lowest BCUT2D eigenvalue weighted by atomic mass is 10.1. The molecule has 0 bridgehead atoms. The van der Waals surface area contributed by atoms with Crippen molar-refractivity contribution in [3.8, 4) is 5.75 Å². The maximum Gasteiger partial charge on any atom is 0.355 e. The minimum atomic E-state index is -0.555. The Labute approximate surface area is 131 Å². The third kappa shape index (κ3) is 7.67. The van der Waals surface area contributed by atoms with Gasteiger partial charge in [0.05, 0.1) is 13.7 Å². The fourth-order valence-electron chi connectivity index (χ4n) is 2.12. The van der Waals surface area contributed by atoms with E-state index >= 15 is 0 Å². The highest BCUT2D eigenvalue weighted by Crippen LogP contribution is 2.11. The maximum atomic E-state index is 11.2. The van der Waals surface area contributed by atoms with E-state index < -0.39 is 5.97 Å². The third-order valence-corrected chi connectivity index (χ3v) is 3.36. The monoisotopic (exact) mass is 307 g/mol. The van der Waals surface area contributed by atoms with Gasteiger partial charge in [-0.1, -0.05) is 49.0 Å². The van der Waals surface area contributed by atoms with Gasteiger partial charge in [-0.15, -0.1) is 0 Å². The lowest BCUT2D eigenvalue weighted by Crippen LogP contribution is -2.15. The zero-order valence-corrected chi connectivity index (χ0v) is 13.2. The Morgan fingerprint density at radius 2 is 1.68 bits per heavy atom. The van der Waals surface area contributed by atoms with Crippen LogP contribution in [0, 0.1) is 0 Å². The van der Waals surface area contributed by atoms with Crippen LogP contribution in [0.15, 0.2) is 35.5 Å². The molecule has 0 saturated carbocycles. The number of ether oxygens (including phenoxy) is 2. The van der Waals surface area contributed by atoms with Gasteiger partial charge in [0.2, 0.25) is 0 Å². The molecular weight excluding hydrogens is 282 g/mol. The number of rotatable bonds is 11. The van der Waals surface area contributed by atoms with Gasteiger partial charge in [-0.25, -0.2) is 4.79 Å². The Balaban J connectivity index is 1.94. The molecule has 0 aromatic heterocycles. The molecule has 22 heavy (non-hydrogen) atoms. The largest absolute Gasteiger partial charge is 0.494 e. The highest BCUT2D eigenvalue weighted by atomic mass is 16.5. The average molecular weight is 307 g/mol. The third-order valence-electron chi connectivity index (χ3n) is 3.36. The first-order valence-electron chi connectivity index (χ1n) is 7.75. The van der Waals surface area contributed by atoms with E-state index in [-0.39, 0.29) is 5.71 Å². The van der Waals surface area contributed by atoms with Gasteiger partial charge in [0, 0.05) is 6.42 Å². The number of carbonyl (C=O) groups is 1. The summed E-state index contributed by atoms with van der Waals surface area (Å²) in [5.41, 5.74) is 0.0961. The number of hydrogen-bond donors (Lipinski definition) is 1. The second kappa shape index (κ2) is 11.6. The molecule has 0 aliphatic heterocycles. The number of esters is 1. The Morgan fingerprint density at radius 3 is 2.32 bits per heavy atom. The highest BCUT2D eigenvalue weighted by molar-refractivity contribution is 6.36. The van der Waals surface area contributed by atoms with E-state index in [0.717, 1.165) is 50.9 Å². The fraction of sp³-hybridized carbons (Fsp3) is 0.529. The quantitative estimate of drug-likeness (QED) is 0.222. The van der Waals surface area contributed by atoms with Crippen LogP contribution in [0.3, 0.4) is 0 Å². The summed E-state index contributed by atoms with van der Waals surface area (Å²) in [4.78, 5) is 11.2. The number of hydrogen-bond acceptors (Lipinski definition) is 5. The minimum absolute atomic E-state index is 0.0961. The van der Waals surface area contributed by atoms with Crippen LogP contribution in [0.25, 0.3) is 0 Å². The van der Waals surface area contributed by atoms with Gasteiger partial charge in [0.1, 0.15) is 5.75 Å². The predicted molar refractivity (Wildman–Crippen MR) is 85.5 cm³/mol. The lowest BCUT2D eigenvalue weighted by molar-refractivity contribution is -0.133. The molecule has 0 amide bonds. The predicted octanol–water partition coefficient (Wildman–Crippen LogP) is 3.80. The van der Waals surface area contributed by atoms with Gasteiger partial charge in [-0.3, -0.25) is 0 Å². The van der Waals surface area contributed by atoms with E-state index in [1.165, 1.54) is 7.11 Å². The normalized spacial score (nSPS) is 11.2. The minimum Gasteiger partial charge on any atom is -0.494 e. The Hall–Kier alpha value is -2.04. The molecule has 0 radical (unpaired) electrons. The van der Waals surface area contributed by atoms with Gasteiger partial charge in [-0.05, 0) is 25.0 Å². The van der Waals surface area contributed by atoms with Gasteiger partial charge in [-0.2, -0.15) is 0 Å². The van der Waals surface area contributed by atoms with Crippen molar-refractivity contribution in [1.82, 2.24) is 0 Å². The standard InChI is InChI=1S/C17H25NO4/c1-21-17(19)16(18-20)13-9-4-2-3-5-10-14-22-15-11-7-6-8-12-15/h6-8,11-12,20H,2-5,9-10,13-14H2,1H3. The number of methoxy groups -OCH3 is 1. The SMILES string of the molecule is COC(=O)C(CCCCCCCCOc1ccccc1)=NO. The van der Waals surface area contributed by atoms with Crippen LogP contribution in [0.1, 0.15) is 44.9 Å². The van der Waals surface area contributed by atoms with Crippen LogP contribution < -0.4 is 4.74 Å². The number of unbranched alkanes of at least 4 members (excludes halogenated alkanes) is 5. The van der Waals surface area contributed by atoms with E-state index in [2.05, 4.69) is 9.89 Å². The summed E-state index contributed by atoms with van der Waals surface area (Å²) in [7, 11) is 1.28. The Morgan fingerprint density at radius 1 is 1.05 bits per heavy atom. The van der Waals surface area contributed by atoms with Gasteiger partial charge in [0.15, 0.2) is 5.71 Å². The Kier molecular flexibility index (Phi) is 9.50. The van der Waals surface area contributed by atoms with Crippen LogP contribution in [-0.4, -0.2) is 30.6 Å². The first-order chi connectivity index (χ1) is 10.8. The second-order valence-corrected chi connectivity index (χ2v) is 5.07. The summed E-state index contributed by atoms with van der Waals surface area (Å²) in [6.45, 7) is 0.744. The topological polar surface area (TPSA) is 68.1 Å². The lowest BCUT2D eigenvalue weighted by Gasteiger charge is -2.06. The summed E-state index contributed by atoms with van der Waals surface area (Å²) in [6, 6.07) is 9.82. The van der Waals surface area contributed by atoms with Crippen molar-refractivity contribution in [3.05, 3.63) is 30.3 Å². The summed E-state index contributed by atoms with van der Waals surface area (Å²) in [6.07, 6.45) is 6.71. The van der Waals surface area contributed by atoms with Crippen LogP contribution in [-0.2, 0) is 9.53 Å². The number of carbonyl (C=O) groups excluding carboxylic acids is 1. The van der Waals surface area contributed by atoms with Crippen molar-refractivity contribution < 1.29 is 19.5 Å². The average Bonchev–Trinajstić information content (AvgIpc) is 2.57. The molecule has 1 N–H and O–H groups in total. The number of nitrogens with zero attached hydrogens (tertiary/aromatic N) is 1. The first-order valence-corrected chi connectivity index (χ1v) is 7.75. The van der Waals surface area contributed by atoms with E-state index in [1.807, 2.05) is 30.3 Å². The van der Waals surface area contributed by atoms with Crippen molar-refractivity contribution in [2.75, 3.05) is 13.7 Å². The molecule has 1 aromatic carbocycles. The molecule has 0 aliphatic rings. The van der Waals surface area contributed by atoms with Gasteiger partial charge in [0.25, 0.3) is 0 Å². The summed E-state index contributed by atoms with van der Waals surface area (Å²) >= 11 is 0. The summed E-state index contributed by atoms with van der Waals surface area (Å²) in [5, 5.41) is 11.7. The van der Waals surface area contributed by atoms with Crippen molar-refractivity contribution in [2.45, 2.75) is 44.9 Å². The first kappa shape index (κ1) is 18.0. The zero-order valence-electron chi connectivity index (χ0n) is 13.2.